The quantitative estimate of drug-likeness (QED) is 0.363. The van der Waals surface area contributed by atoms with Crippen LogP contribution in [0.15, 0.2) is 47.6 Å². The Morgan fingerprint density at radius 3 is 2.54 bits per heavy atom. The van der Waals surface area contributed by atoms with Crippen molar-refractivity contribution in [1.29, 1.82) is 0 Å². The largest absolute Gasteiger partial charge is 0.481 e. The fraction of sp³-hybridized carbons (Fsp3) is 0.118. The number of terminal acetylenes is 1. The van der Waals surface area contributed by atoms with Gasteiger partial charge in [0.15, 0.2) is 0 Å². The Labute approximate surface area is 146 Å². The Bertz CT molecular complexity index is 856. The first-order valence-corrected chi connectivity index (χ1v) is 7.12. The number of hydrogen-bond acceptors (Lipinski definition) is 5. The maximum atomic E-state index is 12.7. The lowest BCUT2D eigenvalue weighted by molar-refractivity contribution is -0.384. The summed E-state index contributed by atoms with van der Waals surface area (Å²) in [5.41, 5.74) is 1.02. The molecule has 0 bridgehead atoms. The highest BCUT2D eigenvalue weighted by Crippen LogP contribution is 2.34. The van der Waals surface area contributed by atoms with E-state index in [4.69, 9.17) is 11.2 Å². The highest BCUT2D eigenvalue weighted by molar-refractivity contribution is 5.80. The van der Waals surface area contributed by atoms with E-state index >= 15 is 0 Å². The van der Waals surface area contributed by atoms with Gasteiger partial charge in [-0.3, -0.25) is 15.5 Å². The Morgan fingerprint density at radius 2 is 1.96 bits per heavy atom. The number of hydrazone groups is 1. The van der Waals surface area contributed by atoms with Crippen LogP contribution in [0.3, 0.4) is 0 Å². The minimum atomic E-state index is -4.67. The predicted octanol–water partition coefficient (Wildman–Crippen LogP) is 4.07. The maximum absolute atomic E-state index is 12.7. The third-order valence-electron chi connectivity index (χ3n) is 3.12. The number of nitrogens with one attached hydrogen (secondary N) is 1. The molecule has 0 heterocycles. The highest BCUT2D eigenvalue weighted by Gasteiger charge is 2.33. The van der Waals surface area contributed by atoms with E-state index in [2.05, 4.69) is 16.4 Å². The van der Waals surface area contributed by atoms with Crippen LogP contribution in [0.2, 0.25) is 0 Å². The minimum Gasteiger partial charge on any atom is -0.481 e. The molecule has 0 aromatic heterocycles. The number of hydrogen-bond donors (Lipinski definition) is 1. The van der Waals surface area contributed by atoms with Crippen LogP contribution in [-0.4, -0.2) is 17.7 Å². The maximum Gasteiger partial charge on any atom is 0.416 e. The summed E-state index contributed by atoms with van der Waals surface area (Å²) in [6.07, 6.45) is 1.76. The molecule has 0 aliphatic rings. The van der Waals surface area contributed by atoms with Gasteiger partial charge in [0.2, 0.25) is 0 Å². The van der Waals surface area contributed by atoms with Crippen LogP contribution < -0.4 is 10.2 Å². The first kappa shape index (κ1) is 18.8. The summed E-state index contributed by atoms with van der Waals surface area (Å²) < 4.78 is 43.2. The molecule has 2 aromatic carbocycles. The fourth-order valence-corrected chi connectivity index (χ4v) is 1.91. The fourth-order valence-electron chi connectivity index (χ4n) is 1.91. The van der Waals surface area contributed by atoms with Crippen molar-refractivity contribution in [3.05, 3.63) is 63.7 Å². The molecule has 0 radical (unpaired) electrons. The molecule has 0 saturated carbocycles. The lowest BCUT2D eigenvalue weighted by Crippen LogP contribution is -2.06. The number of ether oxygens (including phenoxy) is 1. The standard InChI is InChI=1S/C17H12F3N3O3/c1-2-9-26-14-6-3-12(4-7-14)11-21-22-15-8-5-13(17(18,19)20)10-16(15)23(24)25/h1,3-8,10-11,22H,9H2/b21-11-. The zero-order chi connectivity index (χ0) is 19.2. The summed E-state index contributed by atoms with van der Waals surface area (Å²) in [7, 11) is 0. The molecule has 0 saturated heterocycles. The molecule has 9 heteroatoms. The molecule has 0 aliphatic heterocycles. The van der Waals surface area contributed by atoms with Crippen LogP contribution in [0.25, 0.3) is 0 Å². The number of nitrogens with zero attached hydrogens (tertiary/aromatic N) is 2. The number of nitro benzene ring substituents is 1. The van der Waals surface area contributed by atoms with E-state index in [1.807, 2.05) is 0 Å². The van der Waals surface area contributed by atoms with Crippen molar-refractivity contribution < 1.29 is 22.8 Å². The smallest absolute Gasteiger partial charge is 0.416 e. The van der Waals surface area contributed by atoms with Crippen LogP contribution in [-0.2, 0) is 6.18 Å². The van der Waals surface area contributed by atoms with Gasteiger partial charge in [0.05, 0.1) is 16.7 Å². The van der Waals surface area contributed by atoms with Crippen LogP contribution in [0.1, 0.15) is 11.1 Å². The molecular weight excluding hydrogens is 351 g/mol. The van der Waals surface area contributed by atoms with E-state index in [0.29, 0.717) is 17.4 Å². The number of nitro groups is 1. The summed E-state index contributed by atoms with van der Waals surface area (Å²) in [6, 6.07) is 8.78. The molecule has 2 rings (SSSR count). The molecule has 134 valence electrons. The van der Waals surface area contributed by atoms with Crippen LogP contribution in [0.4, 0.5) is 24.5 Å². The van der Waals surface area contributed by atoms with E-state index in [-0.39, 0.29) is 12.3 Å². The summed E-state index contributed by atoms with van der Waals surface area (Å²) in [5, 5.41) is 14.8. The zero-order valence-corrected chi connectivity index (χ0v) is 13.2. The third-order valence-corrected chi connectivity index (χ3v) is 3.12. The van der Waals surface area contributed by atoms with Gasteiger partial charge in [0.1, 0.15) is 18.0 Å². The average Bonchev–Trinajstić information content (AvgIpc) is 2.60. The number of anilines is 1. The van der Waals surface area contributed by atoms with Crippen molar-refractivity contribution in [3.63, 3.8) is 0 Å². The van der Waals surface area contributed by atoms with Crippen molar-refractivity contribution in [3.8, 4) is 18.1 Å². The molecule has 0 atom stereocenters. The molecule has 0 unspecified atom stereocenters. The normalized spacial score (nSPS) is 11.2. The summed E-state index contributed by atoms with van der Waals surface area (Å²) in [5.74, 6) is 2.89. The number of alkyl halides is 3. The Kier molecular flexibility index (Phi) is 5.80. The summed E-state index contributed by atoms with van der Waals surface area (Å²) >= 11 is 0. The number of halogens is 3. The average molecular weight is 363 g/mol. The van der Waals surface area contributed by atoms with Gasteiger partial charge in [0.25, 0.3) is 5.69 Å². The van der Waals surface area contributed by atoms with Gasteiger partial charge in [-0.05, 0) is 42.0 Å². The van der Waals surface area contributed by atoms with Gasteiger partial charge >= 0.3 is 6.18 Å². The second-order valence-electron chi connectivity index (χ2n) is 4.92. The lowest BCUT2D eigenvalue weighted by Gasteiger charge is -2.08. The van der Waals surface area contributed by atoms with Gasteiger partial charge in [-0.25, -0.2) is 0 Å². The van der Waals surface area contributed by atoms with E-state index < -0.39 is 22.4 Å². The molecular formula is C17H12F3N3O3. The summed E-state index contributed by atoms with van der Waals surface area (Å²) in [4.78, 5) is 10.1. The van der Waals surface area contributed by atoms with Crippen LogP contribution >= 0.6 is 0 Å². The monoisotopic (exact) mass is 363 g/mol. The van der Waals surface area contributed by atoms with Crippen LogP contribution in [0.5, 0.6) is 5.75 Å². The van der Waals surface area contributed by atoms with E-state index in [9.17, 15) is 23.3 Å². The van der Waals surface area contributed by atoms with Crippen molar-refractivity contribution in [2.24, 2.45) is 5.10 Å². The number of rotatable bonds is 6. The highest BCUT2D eigenvalue weighted by atomic mass is 19.4. The number of benzene rings is 2. The third kappa shape index (κ3) is 4.98. The first-order valence-electron chi connectivity index (χ1n) is 7.12. The molecule has 0 aliphatic carbocycles. The van der Waals surface area contributed by atoms with Gasteiger partial charge in [-0.15, -0.1) is 6.42 Å². The minimum absolute atomic E-state index is 0.132. The summed E-state index contributed by atoms with van der Waals surface area (Å²) in [6.45, 7) is 0.132. The van der Waals surface area contributed by atoms with E-state index in [0.717, 1.165) is 12.1 Å². The van der Waals surface area contributed by atoms with E-state index in [1.165, 1.54) is 6.21 Å². The SMILES string of the molecule is C#CCOc1ccc(/C=N\Nc2ccc(C(F)(F)F)cc2[N+](=O)[O-])cc1. The van der Waals surface area contributed by atoms with Gasteiger partial charge in [0, 0.05) is 6.07 Å². The molecule has 6 nitrogen and oxygen atoms in total. The van der Waals surface area contributed by atoms with Crippen molar-refractivity contribution in [2.45, 2.75) is 6.18 Å². The first-order chi connectivity index (χ1) is 12.3. The second kappa shape index (κ2) is 8.02. The Hall–Kier alpha value is -3.54. The van der Waals surface area contributed by atoms with Crippen molar-refractivity contribution in [2.75, 3.05) is 12.0 Å². The van der Waals surface area contributed by atoms with Gasteiger partial charge < -0.3 is 4.74 Å². The topological polar surface area (TPSA) is 76.8 Å². The van der Waals surface area contributed by atoms with Gasteiger partial charge in [-0.1, -0.05) is 5.92 Å². The second-order valence-corrected chi connectivity index (χ2v) is 4.92. The van der Waals surface area contributed by atoms with Crippen molar-refractivity contribution in [1.82, 2.24) is 0 Å². The predicted molar refractivity (Wildman–Crippen MR) is 90.1 cm³/mol. The molecule has 0 spiro atoms. The Morgan fingerprint density at radius 1 is 1.27 bits per heavy atom. The molecule has 26 heavy (non-hydrogen) atoms. The molecule has 2 aromatic rings. The van der Waals surface area contributed by atoms with Crippen LogP contribution in [0, 0.1) is 22.5 Å². The lowest BCUT2D eigenvalue weighted by atomic mass is 10.1. The van der Waals surface area contributed by atoms with Gasteiger partial charge in [-0.2, -0.15) is 18.3 Å². The van der Waals surface area contributed by atoms with E-state index in [1.54, 1.807) is 24.3 Å². The zero-order valence-electron chi connectivity index (χ0n) is 13.2. The Balaban J connectivity index is 2.12. The molecule has 0 amide bonds. The van der Waals surface area contributed by atoms with Crippen molar-refractivity contribution >= 4 is 17.6 Å². The molecule has 0 fully saturated rings. The molecule has 1 N–H and O–H groups in total.